The van der Waals surface area contributed by atoms with E-state index in [1.807, 2.05) is 49.1 Å². The van der Waals surface area contributed by atoms with E-state index in [4.69, 9.17) is 16.0 Å². The smallest absolute Gasteiger partial charge is 0.243 e. The van der Waals surface area contributed by atoms with Crippen LogP contribution in [0.3, 0.4) is 0 Å². The number of nitriles is 1. The SMILES string of the molecule is Cc1ccc(S(=O)(=O)N2CCN(c3oc(C=Cc4ccc(Cl)cc4)nc3C#N)CC2)c(C)c1. The van der Waals surface area contributed by atoms with Crippen LogP contribution in [0.5, 0.6) is 0 Å². The highest BCUT2D eigenvalue weighted by Crippen LogP contribution is 2.27. The fourth-order valence-electron chi connectivity index (χ4n) is 3.79. The Morgan fingerprint density at radius 1 is 1.06 bits per heavy atom. The lowest BCUT2D eigenvalue weighted by atomic mass is 10.2. The molecule has 1 saturated heterocycles. The van der Waals surface area contributed by atoms with Gasteiger partial charge < -0.3 is 9.32 Å². The second-order valence-electron chi connectivity index (χ2n) is 7.86. The summed E-state index contributed by atoms with van der Waals surface area (Å²) in [4.78, 5) is 6.45. The summed E-state index contributed by atoms with van der Waals surface area (Å²) in [6, 6.07) is 14.7. The minimum absolute atomic E-state index is 0.177. The molecule has 0 amide bonds. The fraction of sp³-hybridized carbons (Fsp3) is 0.250. The van der Waals surface area contributed by atoms with Gasteiger partial charge in [-0.15, -0.1) is 0 Å². The van der Waals surface area contributed by atoms with Gasteiger partial charge in [-0.05, 0) is 49.2 Å². The summed E-state index contributed by atoms with van der Waals surface area (Å²) in [5, 5.41) is 10.2. The first kappa shape index (κ1) is 23.1. The Morgan fingerprint density at radius 3 is 2.39 bits per heavy atom. The number of hydrogen-bond donors (Lipinski definition) is 0. The molecule has 33 heavy (non-hydrogen) atoms. The van der Waals surface area contributed by atoms with Crippen LogP contribution in [0.1, 0.15) is 28.3 Å². The zero-order valence-corrected chi connectivity index (χ0v) is 19.9. The van der Waals surface area contributed by atoms with Crippen molar-refractivity contribution < 1.29 is 12.8 Å². The topological polar surface area (TPSA) is 90.4 Å². The molecule has 0 N–H and O–H groups in total. The highest BCUT2D eigenvalue weighted by molar-refractivity contribution is 7.89. The Bertz CT molecular complexity index is 1330. The first-order valence-corrected chi connectivity index (χ1v) is 12.3. The van der Waals surface area contributed by atoms with Crippen molar-refractivity contribution in [3.05, 3.63) is 75.8 Å². The van der Waals surface area contributed by atoms with E-state index < -0.39 is 10.0 Å². The van der Waals surface area contributed by atoms with Gasteiger partial charge in [0.15, 0.2) is 0 Å². The normalized spacial score (nSPS) is 15.2. The Labute approximate surface area is 198 Å². The van der Waals surface area contributed by atoms with Crippen LogP contribution >= 0.6 is 11.6 Å². The minimum Gasteiger partial charge on any atom is -0.420 e. The summed E-state index contributed by atoms with van der Waals surface area (Å²) in [5.74, 6) is 0.665. The lowest BCUT2D eigenvalue weighted by Crippen LogP contribution is -2.48. The second kappa shape index (κ2) is 9.40. The van der Waals surface area contributed by atoms with E-state index in [1.165, 1.54) is 4.31 Å². The molecule has 1 aliphatic rings. The van der Waals surface area contributed by atoms with E-state index in [0.29, 0.717) is 34.8 Å². The molecule has 0 bridgehead atoms. The molecule has 0 spiro atoms. The minimum atomic E-state index is -3.59. The maximum Gasteiger partial charge on any atom is 0.243 e. The molecule has 3 aromatic rings. The van der Waals surface area contributed by atoms with Crippen molar-refractivity contribution in [1.29, 1.82) is 5.26 Å². The maximum atomic E-state index is 13.1. The van der Waals surface area contributed by atoms with Crippen LogP contribution in [0.2, 0.25) is 5.02 Å². The number of sulfonamides is 1. The van der Waals surface area contributed by atoms with E-state index in [-0.39, 0.29) is 18.8 Å². The number of aryl methyl sites for hydroxylation is 2. The first-order valence-electron chi connectivity index (χ1n) is 10.4. The predicted molar refractivity (Wildman–Crippen MR) is 128 cm³/mol. The quantitative estimate of drug-likeness (QED) is 0.532. The lowest BCUT2D eigenvalue weighted by molar-refractivity contribution is 0.373. The van der Waals surface area contributed by atoms with E-state index >= 15 is 0 Å². The van der Waals surface area contributed by atoms with Crippen LogP contribution in [0.15, 0.2) is 51.8 Å². The van der Waals surface area contributed by atoms with Gasteiger partial charge in [-0.1, -0.05) is 41.4 Å². The molecular formula is C24H23ClN4O3S. The third kappa shape index (κ3) is 4.96. The molecule has 0 saturated carbocycles. The van der Waals surface area contributed by atoms with Crippen LogP contribution < -0.4 is 4.90 Å². The largest absolute Gasteiger partial charge is 0.420 e. The third-order valence-electron chi connectivity index (χ3n) is 5.49. The number of piperazine rings is 1. The van der Waals surface area contributed by atoms with Crippen molar-refractivity contribution >= 4 is 39.7 Å². The summed E-state index contributed by atoms with van der Waals surface area (Å²) in [6.07, 6.45) is 3.51. The van der Waals surface area contributed by atoms with Crippen LogP contribution in [-0.4, -0.2) is 43.9 Å². The van der Waals surface area contributed by atoms with E-state index in [0.717, 1.165) is 16.7 Å². The van der Waals surface area contributed by atoms with Gasteiger partial charge >= 0.3 is 0 Å². The maximum absolute atomic E-state index is 13.1. The second-order valence-corrected chi connectivity index (χ2v) is 10.2. The molecule has 4 rings (SSSR count). The zero-order valence-electron chi connectivity index (χ0n) is 18.3. The van der Waals surface area contributed by atoms with Crippen molar-refractivity contribution in [2.75, 3.05) is 31.1 Å². The number of benzene rings is 2. The van der Waals surface area contributed by atoms with Crippen molar-refractivity contribution in [2.24, 2.45) is 0 Å². The summed E-state index contributed by atoms with van der Waals surface area (Å²) in [5.41, 5.74) is 2.85. The number of halogens is 1. The van der Waals surface area contributed by atoms with Gasteiger partial charge in [-0.25, -0.2) is 8.42 Å². The molecule has 1 aromatic heterocycles. The van der Waals surface area contributed by atoms with Crippen molar-refractivity contribution in [3.8, 4) is 6.07 Å². The highest BCUT2D eigenvalue weighted by Gasteiger charge is 2.31. The molecule has 7 nitrogen and oxygen atoms in total. The number of oxazole rings is 1. The summed E-state index contributed by atoms with van der Waals surface area (Å²) in [7, 11) is -3.59. The van der Waals surface area contributed by atoms with Crippen molar-refractivity contribution in [2.45, 2.75) is 18.7 Å². The number of hydrogen-bond acceptors (Lipinski definition) is 6. The monoisotopic (exact) mass is 482 g/mol. The molecular weight excluding hydrogens is 460 g/mol. The Hall–Kier alpha value is -3.12. The molecule has 0 radical (unpaired) electrons. The Kier molecular flexibility index (Phi) is 6.56. The molecule has 2 aromatic carbocycles. The molecule has 1 aliphatic heterocycles. The number of rotatable bonds is 5. The molecule has 0 unspecified atom stereocenters. The van der Waals surface area contributed by atoms with Gasteiger partial charge in [-0.2, -0.15) is 14.6 Å². The molecule has 170 valence electrons. The van der Waals surface area contributed by atoms with E-state index in [2.05, 4.69) is 11.1 Å². The van der Waals surface area contributed by atoms with Crippen molar-refractivity contribution in [3.63, 3.8) is 0 Å². The molecule has 0 atom stereocenters. The Morgan fingerprint density at radius 2 is 1.76 bits per heavy atom. The van der Waals surface area contributed by atoms with Crippen LogP contribution in [0, 0.1) is 25.2 Å². The first-order chi connectivity index (χ1) is 15.8. The van der Waals surface area contributed by atoms with Gasteiger partial charge in [0.1, 0.15) is 6.07 Å². The zero-order chi connectivity index (χ0) is 23.6. The van der Waals surface area contributed by atoms with Crippen molar-refractivity contribution in [1.82, 2.24) is 9.29 Å². The summed E-state index contributed by atoms with van der Waals surface area (Å²) in [6.45, 7) is 5.12. The average molecular weight is 483 g/mol. The molecule has 2 heterocycles. The van der Waals surface area contributed by atoms with Gasteiger partial charge in [0.2, 0.25) is 27.5 Å². The van der Waals surface area contributed by atoms with Gasteiger partial charge in [-0.3, -0.25) is 0 Å². The van der Waals surface area contributed by atoms with E-state index in [9.17, 15) is 13.7 Å². The number of nitrogens with zero attached hydrogens (tertiary/aromatic N) is 4. The van der Waals surface area contributed by atoms with Crippen LogP contribution in [0.4, 0.5) is 5.88 Å². The van der Waals surface area contributed by atoms with Crippen LogP contribution in [0.25, 0.3) is 12.2 Å². The van der Waals surface area contributed by atoms with Crippen LogP contribution in [-0.2, 0) is 10.0 Å². The van der Waals surface area contributed by atoms with E-state index in [1.54, 1.807) is 24.3 Å². The molecule has 9 heteroatoms. The van der Waals surface area contributed by atoms with Gasteiger partial charge in [0.05, 0.1) is 4.90 Å². The number of aromatic nitrogens is 1. The lowest BCUT2D eigenvalue weighted by Gasteiger charge is -2.34. The average Bonchev–Trinajstić information content (AvgIpc) is 3.22. The Balaban J connectivity index is 1.48. The van der Waals surface area contributed by atoms with Gasteiger partial charge in [0, 0.05) is 37.3 Å². The third-order valence-corrected chi connectivity index (χ3v) is 7.81. The summed E-state index contributed by atoms with van der Waals surface area (Å²) < 4.78 is 33.6. The fourth-order valence-corrected chi connectivity index (χ4v) is 5.54. The summed E-state index contributed by atoms with van der Waals surface area (Å²) >= 11 is 5.91. The molecule has 1 fully saturated rings. The standard InChI is InChI=1S/C24H23ClN4O3S/c1-17-3-9-22(18(2)15-17)33(30,31)29-13-11-28(12-14-29)24-21(16-26)27-23(32-24)10-6-19-4-7-20(25)8-5-19/h3-10,15H,11-14H2,1-2H3. The highest BCUT2D eigenvalue weighted by atomic mass is 35.5. The van der Waals surface area contributed by atoms with Gasteiger partial charge in [0.25, 0.3) is 0 Å². The number of anilines is 1. The predicted octanol–water partition coefficient (Wildman–Crippen LogP) is 4.50. The molecule has 0 aliphatic carbocycles.